The topological polar surface area (TPSA) is 67.6 Å². The number of carbonyl (C=O) groups excluding carboxylic acids is 1. The van der Waals surface area contributed by atoms with E-state index in [1.165, 1.54) is 32.1 Å². The third kappa shape index (κ3) is 4.42. The van der Waals surface area contributed by atoms with Crippen molar-refractivity contribution in [3.05, 3.63) is 17.0 Å². The monoisotopic (exact) mass is 349 g/mol. The number of morpholine rings is 1. The summed E-state index contributed by atoms with van der Waals surface area (Å²) in [6.45, 7) is 8.17. The van der Waals surface area contributed by atoms with Crippen LogP contribution in [0.3, 0.4) is 0 Å². The summed E-state index contributed by atoms with van der Waals surface area (Å²) in [4.78, 5) is 15.0. The molecule has 1 saturated heterocycles. The second-order valence-corrected chi connectivity index (χ2v) is 7.46. The molecule has 0 spiro atoms. The summed E-state index contributed by atoms with van der Waals surface area (Å²) < 4.78 is 10.7. The summed E-state index contributed by atoms with van der Waals surface area (Å²) >= 11 is 0. The number of ether oxygens (including phenoxy) is 1. The van der Waals surface area contributed by atoms with E-state index in [-0.39, 0.29) is 11.4 Å². The molecular weight excluding hydrogens is 318 g/mol. The van der Waals surface area contributed by atoms with E-state index < -0.39 is 0 Å². The van der Waals surface area contributed by atoms with Gasteiger partial charge in [0.05, 0.1) is 18.9 Å². The van der Waals surface area contributed by atoms with Crippen molar-refractivity contribution < 1.29 is 14.1 Å². The van der Waals surface area contributed by atoms with E-state index in [9.17, 15) is 4.79 Å². The van der Waals surface area contributed by atoms with Crippen LogP contribution in [-0.4, -0.2) is 54.4 Å². The quantitative estimate of drug-likeness (QED) is 0.854. The number of nitrogens with zero attached hydrogens (tertiary/aromatic N) is 2. The van der Waals surface area contributed by atoms with Crippen molar-refractivity contribution in [3.8, 4) is 0 Å². The predicted molar refractivity (Wildman–Crippen MR) is 95.5 cm³/mol. The molecule has 2 aliphatic rings. The van der Waals surface area contributed by atoms with Crippen LogP contribution in [0, 0.1) is 13.8 Å². The highest BCUT2D eigenvalue weighted by atomic mass is 16.5. The van der Waals surface area contributed by atoms with Crippen molar-refractivity contribution in [1.82, 2.24) is 15.4 Å². The third-order valence-electron chi connectivity index (χ3n) is 5.86. The molecule has 1 amide bonds. The van der Waals surface area contributed by atoms with Gasteiger partial charge in [-0.3, -0.25) is 9.69 Å². The van der Waals surface area contributed by atoms with Gasteiger partial charge < -0.3 is 14.6 Å². The molecule has 0 unspecified atom stereocenters. The molecule has 0 bridgehead atoms. The fraction of sp³-hybridized carbons (Fsp3) is 0.789. The molecule has 1 aliphatic carbocycles. The average Bonchev–Trinajstić information content (AvgIpc) is 2.98. The van der Waals surface area contributed by atoms with Gasteiger partial charge in [0.1, 0.15) is 5.76 Å². The van der Waals surface area contributed by atoms with Crippen molar-refractivity contribution >= 4 is 5.91 Å². The molecular formula is C19H31N3O3. The minimum atomic E-state index is 0.123. The fourth-order valence-corrected chi connectivity index (χ4v) is 4.30. The average molecular weight is 349 g/mol. The molecule has 1 aromatic heterocycles. The number of amides is 1. The highest BCUT2D eigenvalue weighted by Crippen LogP contribution is 2.33. The highest BCUT2D eigenvalue weighted by molar-refractivity contribution is 5.76. The van der Waals surface area contributed by atoms with Gasteiger partial charge in [0, 0.05) is 37.2 Å². The Balaban J connectivity index is 1.54. The van der Waals surface area contributed by atoms with E-state index >= 15 is 0 Å². The maximum atomic E-state index is 12.4. The number of hydrogen-bond acceptors (Lipinski definition) is 5. The van der Waals surface area contributed by atoms with Crippen LogP contribution in [0.4, 0.5) is 0 Å². The molecule has 6 nitrogen and oxygen atoms in total. The zero-order valence-electron chi connectivity index (χ0n) is 15.6. The summed E-state index contributed by atoms with van der Waals surface area (Å²) in [5.74, 6) is 0.945. The Kier molecular flexibility index (Phi) is 6.12. The first-order valence-electron chi connectivity index (χ1n) is 9.62. The van der Waals surface area contributed by atoms with Gasteiger partial charge in [0.2, 0.25) is 5.91 Å². The second-order valence-electron chi connectivity index (χ2n) is 7.46. The molecule has 140 valence electrons. The van der Waals surface area contributed by atoms with Crippen molar-refractivity contribution in [1.29, 1.82) is 0 Å². The van der Waals surface area contributed by atoms with Crippen molar-refractivity contribution in [2.24, 2.45) is 0 Å². The molecule has 6 heteroatoms. The number of aryl methyl sites for hydroxylation is 2. The summed E-state index contributed by atoms with van der Waals surface area (Å²) in [6, 6.07) is 0. The standard InChI is InChI=1S/C19H31N3O3/c1-15-17(16(2)25-21-15)6-7-18(23)20-14-19(8-4-3-5-9-19)22-10-12-24-13-11-22/h3-14H2,1-2H3,(H,20,23). The van der Waals surface area contributed by atoms with Crippen molar-refractivity contribution in [2.75, 3.05) is 32.8 Å². The van der Waals surface area contributed by atoms with Crippen LogP contribution in [0.25, 0.3) is 0 Å². The molecule has 1 aromatic rings. The molecule has 25 heavy (non-hydrogen) atoms. The van der Waals surface area contributed by atoms with Crippen LogP contribution in [0.2, 0.25) is 0 Å². The van der Waals surface area contributed by atoms with E-state index in [1.807, 2.05) is 13.8 Å². The Morgan fingerprint density at radius 3 is 2.56 bits per heavy atom. The van der Waals surface area contributed by atoms with Crippen LogP contribution in [-0.2, 0) is 16.0 Å². The molecule has 1 aliphatic heterocycles. The number of rotatable bonds is 6. The molecule has 0 atom stereocenters. The van der Waals surface area contributed by atoms with Crippen LogP contribution >= 0.6 is 0 Å². The van der Waals surface area contributed by atoms with Crippen LogP contribution in [0.5, 0.6) is 0 Å². The summed E-state index contributed by atoms with van der Waals surface area (Å²) in [5.41, 5.74) is 2.08. The van der Waals surface area contributed by atoms with Crippen LogP contribution < -0.4 is 5.32 Å². The molecule has 2 fully saturated rings. The zero-order valence-corrected chi connectivity index (χ0v) is 15.6. The molecule has 0 radical (unpaired) electrons. The van der Waals surface area contributed by atoms with Gasteiger partial charge in [-0.25, -0.2) is 0 Å². The van der Waals surface area contributed by atoms with Crippen LogP contribution in [0.1, 0.15) is 55.5 Å². The van der Waals surface area contributed by atoms with E-state index in [2.05, 4.69) is 15.4 Å². The molecule has 1 saturated carbocycles. The number of carbonyl (C=O) groups is 1. The van der Waals surface area contributed by atoms with E-state index in [0.717, 1.165) is 49.9 Å². The predicted octanol–water partition coefficient (Wildman–Crippen LogP) is 2.38. The minimum absolute atomic E-state index is 0.123. The van der Waals surface area contributed by atoms with Crippen molar-refractivity contribution in [2.45, 2.75) is 64.3 Å². The summed E-state index contributed by atoms with van der Waals surface area (Å²) in [7, 11) is 0. The highest BCUT2D eigenvalue weighted by Gasteiger charge is 2.38. The third-order valence-corrected chi connectivity index (χ3v) is 5.86. The fourth-order valence-electron chi connectivity index (χ4n) is 4.30. The minimum Gasteiger partial charge on any atom is -0.379 e. The van der Waals surface area contributed by atoms with Gasteiger partial charge in [-0.15, -0.1) is 0 Å². The first-order chi connectivity index (χ1) is 12.1. The maximum absolute atomic E-state index is 12.4. The van der Waals surface area contributed by atoms with E-state index in [0.29, 0.717) is 12.8 Å². The van der Waals surface area contributed by atoms with Gasteiger partial charge in [0.15, 0.2) is 0 Å². The Labute approximate surface area is 150 Å². The Morgan fingerprint density at radius 2 is 1.92 bits per heavy atom. The Bertz CT molecular complexity index is 553. The van der Waals surface area contributed by atoms with Gasteiger partial charge >= 0.3 is 0 Å². The normalized spacial score (nSPS) is 21.2. The first kappa shape index (κ1) is 18.4. The van der Waals surface area contributed by atoms with Crippen LogP contribution in [0.15, 0.2) is 4.52 Å². The lowest BCUT2D eigenvalue weighted by Gasteiger charge is -2.48. The van der Waals surface area contributed by atoms with Crippen molar-refractivity contribution in [3.63, 3.8) is 0 Å². The number of aromatic nitrogens is 1. The lowest BCUT2D eigenvalue weighted by molar-refractivity contribution is -0.122. The SMILES string of the molecule is Cc1noc(C)c1CCC(=O)NCC1(N2CCOCC2)CCCCC1. The molecule has 2 heterocycles. The second kappa shape index (κ2) is 8.32. The maximum Gasteiger partial charge on any atom is 0.220 e. The Hall–Kier alpha value is -1.40. The zero-order chi connectivity index (χ0) is 17.7. The van der Waals surface area contributed by atoms with Gasteiger partial charge in [-0.1, -0.05) is 24.4 Å². The smallest absolute Gasteiger partial charge is 0.220 e. The molecule has 0 aromatic carbocycles. The lowest BCUT2D eigenvalue weighted by atomic mass is 9.79. The summed E-state index contributed by atoms with van der Waals surface area (Å²) in [6.07, 6.45) is 7.36. The summed E-state index contributed by atoms with van der Waals surface area (Å²) in [5, 5.41) is 7.18. The first-order valence-corrected chi connectivity index (χ1v) is 9.62. The van der Waals surface area contributed by atoms with Gasteiger partial charge in [0.25, 0.3) is 0 Å². The number of nitrogens with one attached hydrogen (secondary N) is 1. The Morgan fingerprint density at radius 1 is 1.20 bits per heavy atom. The lowest BCUT2D eigenvalue weighted by Crippen LogP contribution is -2.59. The number of hydrogen-bond donors (Lipinski definition) is 1. The van der Waals surface area contributed by atoms with Gasteiger partial charge in [-0.2, -0.15) is 0 Å². The van der Waals surface area contributed by atoms with E-state index in [4.69, 9.17) is 9.26 Å². The van der Waals surface area contributed by atoms with Gasteiger partial charge in [-0.05, 0) is 33.1 Å². The molecule has 1 N–H and O–H groups in total. The molecule has 3 rings (SSSR count). The largest absolute Gasteiger partial charge is 0.379 e. The van der Waals surface area contributed by atoms with E-state index in [1.54, 1.807) is 0 Å².